The van der Waals surface area contributed by atoms with Gasteiger partial charge in [0.15, 0.2) is 5.54 Å². The number of carbonyl (C=O) groups is 2. The molecule has 1 fully saturated rings. The molecule has 0 bridgehead atoms. The zero-order chi connectivity index (χ0) is 23.6. The first-order chi connectivity index (χ1) is 16.4. The van der Waals surface area contributed by atoms with E-state index in [-0.39, 0.29) is 17.9 Å². The molecule has 2 aliphatic rings. The van der Waals surface area contributed by atoms with E-state index in [1.54, 1.807) is 12.0 Å². The smallest absolute Gasteiger partial charge is 0.332 e. The molecule has 6 rings (SSSR count). The average molecular weight is 452 g/mol. The SMILES string of the molecule is COc1ccccc1C1CN2C(=O)N(c3cccc(C)c3)C(=O)C2(C)c2[nH]c3ccccc3c21. The van der Waals surface area contributed by atoms with E-state index in [0.29, 0.717) is 12.2 Å². The first-order valence-electron chi connectivity index (χ1n) is 11.4. The second-order valence-electron chi connectivity index (χ2n) is 9.20. The Kier molecular flexibility index (Phi) is 4.36. The van der Waals surface area contributed by atoms with Gasteiger partial charge in [-0.2, -0.15) is 0 Å². The van der Waals surface area contributed by atoms with Crippen LogP contribution in [0.1, 0.15) is 35.2 Å². The molecule has 0 saturated carbocycles. The molecule has 3 aromatic carbocycles. The normalized spacial score (nSPS) is 21.7. The van der Waals surface area contributed by atoms with Crippen LogP contribution in [0, 0.1) is 6.92 Å². The maximum Gasteiger partial charge on any atom is 0.332 e. The highest BCUT2D eigenvalue weighted by molar-refractivity contribution is 6.23. The van der Waals surface area contributed by atoms with E-state index in [1.165, 1.54) is 4.90 Å². The van der Waals surface area contributed by atoms with Gasteiger partial charge in [0, 0.05) is 28.9 Å². The molecule has 34 heavy (non-hydrogen) atoms. The van der Waals surface area contributed by atoms with Crippen molar-refractivity contribution < 1.29 is 14.3 Å². The van der Waals surface area contributed by atoms with Gasteiger partial charge in [-0.1, -0.05) is 48.5 Å². The molecule has 6 heteroatoms. The van der Waals surface area contributed by atoms with E-state index in [2.05, 4.69) is 11.1 Å². The van der Waals surface area contributed by atoms with Gasteiger partial charge >= 0.3 is 6.03 Å². The molecule has 2 unspecified atom stereocenters. The van der Waals surface area contributed by atoms with Gasteiger partial charge in [0.2, 0.25) is 0 Å². The average Bonchev–Trinajstić information content (AvgIpc) is 3.33. The van der Waals surface area contributed by atoms with Crippen LogP contribution in [0.15, 0.2) is 72.8 Å². The predicted molar refractivity (Wildman–Crippen MR) is 131 cm³/mol. The summed E-state index contributed by atoms with van der Waals surface area (Å²) in [5.74, 6) is 0.375. The molecule has 6 nitrogen and oxygen atoms in total. The van der Waals surface area contributed by atoms with Gasteiger partial charge in [-0.25, -0.2) is 9.69 Å². The zero-order valence-corrected chi connectivity index (χ0v) is 19.3. The van der Waals surface area contributed by atoms with Crippen LogP contribution in [0.4, 0.5) is 10.5 Å². The summed E-state index contributed by atoms with van der Waals surface area (Å²) in [5.41, 5.74) is 4.21. The Balaban J connectivity index is 1.60. The Labute approximate surface area is 197 Å². The Morgan fingerprint density at radius 3 is 2.56 bits per heavy atom. The molecule has 170 valence electrons. The first kappa shape index (κ1) is 20.5. The lowest BCUT2D eigenvalue weighted by molar-refractivity contribution is -0.125. The van der Waals surface area contributed by atoms with Crippen molar-refractivity contribution >= 4 is 28.5 Å². The summed E-state index contributed by atoms with van der Waals surface area (Å²) in [6.45, 7) is 4.19. The van der Waals surface area contributed by atoms with E-state index in [4.69, 9.17) is 4.74 Å². The van der Waals surface area contributed by atoms with E-state index in [9.17, 15) is 9.59 Å². The minimum Gasteiger partial charge on any atom is -0.496 e. The van der Waals surface area contributed by atoms with Gasteiger partial charge in [-0.05, 0) is 49.2 Å². The van der Waals surface area contributed by atoms with Crippen molar-refractivity contribution in [2.75, 3.05) is 18.6 Å². The largest absolute Gasteiger partial charge is 0.496 e. The van der Waals surface area contributed by atoms with E-state index >= 15 is 0 Å². The Hall–Kier alpha value is -4.06. The van der Waals surface area contributed by atoms with Crippen molar-refractivity contribution in [3.63, 3.8) is 0 Å². The number of fused-ring (bicyclic) bond motifs is 5. The number of ether oxygens (including phenoxy) is 1. The van der Waals surface area contributed by atoms with Gasteiger partial charge in [0.25, 0.3) is 5.91 Å². The Morgan fingerprint density at radius 1 is 1.00 bits per heavy atom. The summed E-state index contributed by atoms with van der Waals surface area (Å²) in [4.78, 5) is 34.4. The van der Waals surface area contributed by atoms with Gasteiger partial charge in [0.1, 0.15) is 5.75 Å². The summed E-state index contributed by atoms with van der Waals surface area (Å²) < 4.78 is 5.70. The zero-order valence-electron chi connectivity index (χ0n) is 19.3. The number of methoxy groups -OCH3 is 1. The number of aromatic amines is 1. The van der Waals surface area contributed by atoms with E-state index in [1.807, 2.05) is 80.6 Å². The fourth-order valence-corrected chi connectivity index (χ4v) is 5.62. The summed E-state index contributed by atoms with van der Waals surface area (Å²) in [5, 5.41) is 1.06. The highest BCUT2D eigenvalue weighted by Gasteiger charge is 2.60. The summed E-state index contributed by atoms with van der Waals surface area (Å²) in [6, 6.07) is 23.2. The van der Waals surface area contributed by atoms with Crippen molar-refractivity contribution in [2.45, 2.75) is 25.3 Å². The lowest BCUT2D eigenvalue weighted by Crippen LogP contribution is -2.50. The fraction of sp³-hybridized carbons (Fsp3) is 0.214. The van der Waals surface area contributed by atoms with Gasteiger partial charge < -0.3 is 14.6 Å². The summed E-state index contributed by atoms with van der Waals surface area (Å²) >= 11 is 0. The number of hydrogen-bond donors (Lipinski definition) is 1. The summed E-state index contributed by atoms with van der Waals surface area (Å²) in [6.07, 6.45) is 0. The van der Waals surface area contributed by atoms with Crippen LogP contribution in [-0.2, 0) is 10.3 Å². The maximum atomic E-state index is 14.0. The second-order valence-corrected chi connectivity index (χ2v) is 9.20. The number of aromatic nitrogens is 1. The van der Waals surface area contributed by atoms with Crippen LogP contribution in [0.25, 0.3) is 10.9 Å². The maximum absolute atomic E-state index is 14.0. The van der Waals surface area contributed by atoms with Crippen LogP contribution in [-0.4, -0.2) is 35.5 Å². The number of amides is 3. The van der Waals surface area contributed by atoms with Crippen molar-refractivity contribution in [1.29, 1.82) is 0 Å². The molecule has 0 radical (unpaired) electrons. The highest BCUT2D eigenvalue weighted by Crippen LogP contribution is 2.51. The molecular formula is C28H25N3O3. The standard InChI is InChI=1S/C28H25N3O3/c1-17-9-8-10-18(15-17)31-26(32)28(2)25-24(20-12-4-6-13-22(20)29-25)21(16-30(28)27(31)33)19-11-5-7-14-23(19)34-3/h4-15,21,29H,16H2,1-3H3. The number of aryl methyl sites for hydroxylation is 1. The molecule has 3 heterocycles. The molecule has 1 saturated heterocycles. The predicted octanol–water partition coefficient (Wildman–Crippen LogP) is 5.31. The number of nitrogens with zero attached hydrogens (tertiary/aromatic N) is 2. The molecule has 3 amide bonds. The summed E-state index contributed by atoms with van der Waals surface area (Å²) in [7, 11) is 1.66. The fourth-order valence-electron chi connectivity index (χ4n) is 5.62. The Bertz CT molecular complexity index is 1470. The van der Waals surface area contributed by atoms with Crippen molar-refractivity contribution in [2.24, 2.45) is 0 Å². The number of carbonyl (C=O) groups excluding carboxylic acids is 2. The van der Waals surface area contributed by atoms with Crippen LogP contribution in [0.2, 0.25) is 0 Å². The monoisotopic (exact) mass is 451 g/mol. The molecule has 4 aromatic rings. The number of imide groups is 1. The number of rotatable bonds is 3. The third-order valence-corrected chi connectivity index (χ3v) is 7.30. The van der Waals surface area contributed by atoms with Crippen molar-refractivity contribution in [3.05, 3.63) is 95.2 Å². The van der Waals surface area contributed by atoms with E-state index < -0.39 is 5.54 Å². The van der Waals surface area contributed by atoms with Gasteiger partial charge in [0.05, 0.1) is 18.5 Å². The van der Waals surface area contributed by atoms with Crippen molar-refractivity contribution in [1.82, 2.24) is 9.88 Å². The van der Waals surface area contributed by atoms with Crippen LogP contribution >= 0.6 is 0 Å². The minimum absolute atomic E-state index is 0.149. The molecule has 0 aliphatic carbocycles. The lowest BCUT2D eigenvalue weighted by Gasteiger charge is -2.40. The number of H-pyrrole nitrogens is 1. The topological polar surface area (TPSA) is 65.6 Å². The molecule has 1 N–H and O–H groups in total. The third kappa shape index (κ3) is 2.62. The second kappa shape index (κ2) is 7.22. The van der Waals surface area contributed by atoms with Crippen LogP contribution in [0.5, 0.6) is 5.75 Å². The van der Waals surface area contributed by atoms with Gasteiger partial charge in [-0.3, -0.25) is 4.79 Å². The first-order valence-corrected chi connectivity index (χ1v) is 11.4. The Morgan fingerprint density at radius 2 is 1.76 bits per heavy atom. The number of benzene rings is 3. The minimum atomic E-state index is -1.13. The molecular weight excluding hydrogens is 426 g/mol. The molecule has 1 aromatic heterocycles. The van der Waals surface area contributed by atoms with Crippen molar-refractivity contribution in [3.8, 4) is 5.75 Å². The van der Waals surface area contributed by atoms with Gasteiger partial charge in [-0.15, -0.1) is 0 Å². The quantitative estimate of drug-likeness (QED) is 0.429. The van der Waals surface area contributed by atoms with Crippen LogP contribution in [0.3, 0.4) is 0 Å². The lowest BCUT2D eigenvalue weighted by atomic mass is 9.78. The molecule has 2 atom stereocenters. The van der Waals surface area contributed by atoms with Crippen LogP contribution < -0.4 is 9.64 Å². The number of urea groups is 1. The third-order valence-electron chi connectivity index (χ3n) is 7.30. The molecule has 0 spiro atoms. The number of nitrogens with one attached hydrogen (secondary N) is 1. The number of hydrogen-bond acceptors (Lipinski definition) is 3. The molecule has 2 aliphatic heterocycles. The number of anilines is 1. The highest BCUT2D eigenvalue weighted by atomic mass is 16.5. The van der Waals surface area contributed by atoms with E-state index in [0.717, 1.165) is 39.0 Å². The number of para-hydroxylation sites is 2.